The van der Waals surface area contributed by atoms with E-state index < -0.39 is 5.41 Å². The third-order valence-corrected chi connectivity index (χ3v) is 4.67. The van der Waals surface area contributed by atoms with E-state index in [-0.39, 0.29) is 5.97 Å². The van der Waals surface area contributed by atoms with Crippen LogP contribution in [-0.2, 0) is 22.0 Å². The van der Waals surface area contributed by atoms with Gasteiger partial charge in [0.05, 0.1) is 11.5 Å². The van der Waals surface area contributed by atoms with Crippen LogP contribution in [0.15, 0.2) is 17.5 Å². The summed E-state index contributed by atoms with van der Waals surface area (Å²) in [6, 6.07) is 3.96. The van der Waals surface area contributed by atoms with E-state index in [9.17, 15) is 4.79 Å². The summed E-state index contributed by atoms with van der Waals surface area (Å²) in [5.41, 5.74) is -0.590. The van der Waals surface area contributed by atoms with E-state index in [1.165, 1.54) is 0 Å². The van der Waals surface area contributed by atoms with Crippen molar-refractivity contribution in [1.82, 2.24) is 14.8 Å². The normalized spacial score (nSPS) is 16.7. The number of hydrogen-bond donors (Lipinski definition) is 0. The van der Waals surface area contributed by atoms with E-state index in [4.69, 9.17) is 4.74 Å². The van der Waals surface area contributed by atoms with E-state index in [1.807, 2.05) is 31.5 Å². The van der Waals surface area contributed by atoms with Gasteiger partial charge in [0.2, 0.25) is 0 Å². The Labute approximate surface area is 121 Å². The number of rotatable bonds is 4. The van der Waals surface area contributed by atoms with Crippen molar-refractivity contribution in [3.63, 3.8) is 0 Å². The Morgan fingerprint density at radius 3 is 2.90 bits per heavy atom. The molecule has 0 saturated heterocycles. The molecule has 3 rings (SSSR count). The van der Waals surface area contributed by atoms with Gasteiger partial charge in [-0.3, -0.25) is 9.48 Å². The maximum atomic E-state index is 12.3. The number of carbonyl (C=O) groups is 1. The van der Waals surface area contributed by atoms with Crippen LogP contribution < -0.4 is 0 Å². The monoisotopic (exact) mass is 291 g/mol. The largest absolute Gasteiger partial charge is 0.465 e. The Morgan fingerprint density at radius 2 is 2.35 bits per heavy atom. The maximum Gasteiger partial charge on any atom is 0.319 e. The molecule has 1 saturated carbocycles. The molecule has 0 spiro atoms. The highest BCUT2D eigenvalue weighted by molar-refractivity contribution is 7.13. The highest BCUT2D eigenvalue weighted by Crippen LogP contribution is 2.44. The van der Waals surface area contributed by atoms with Gasteiger partial charge in [-0.15, -0.1) is 11.3 Å². The van der Waals surface area contributed by atoms with Crippen molar-refractivity contribution in [1.29, 1.82) is 0 Å². The minimum absolute atomic E-state index is 0.167. The van der Waals surface area contributed by atoms with Gasteiger partial charge < -0.3 is 4.74 Å². The minimum atomic E-state index is -0.590. The van der Waals surface area contributed by atoms with E-state index in [1.54, 1.807) is 16.0 Å². The molecule has 0 amide bonds. The molecule has 2 aromatic heterocycles. The van der Waals surface area contributed by atoms with Crippen molar-refractivity contribution in [2.45, 2.75) is 31.6 Å². The lowest BCUT2D eigenvalue weighted by Crippen LogP contribution is -2.45. The van der Waals surface area contributed by atoms with Crippen LogP contribution in [0.4, 0.5) is 0 Å². The molecule has 0 aromatic carbocycles. The zero-order valence-corrected chi connectivity index (χ0v) is 12.4. The number of aromatic nitrogens is 3. The van der Waals surface area contributed by atoms with Gasteiger partial charge >= 0.3 is 5.97 Å². The van der Waals surface area contributed by atoms with Crippen molar-refractivity contribution in [2.24, 2.45) is 7.05 Å². The van der Waals surface area contributed by atoms with Gasteiger partial charge in [0.25, 0.3) is 0 Å². The number of carbonyl (C=O) groups excluding carboxylic acids is 1. The van der Waals surface area contributed by atoms with Gasteiger partial charge in [0, 0.05) is 7.05 Å². The van der Waals surface area contributed by atoms with Crippen LogP contribution >= 0.6 is 11.3 Å². The van der Waals surface area contributed by atoms with Crippen LogP contribution in [0.5, 0.6) is 0 Å². The molecule has 0 aliphatic heterocycles. The summed E-state index contributed by atoms with van der Waals surface area (Å²) in [6.07, 6.45) is 2.62. The van der Waals surface area contributed by atoms with E-state index in [2.05, 4.69) is 10.1 Å². The van der Waals surface area contributed by atoms with Crippen LogP contribution in [-0.4, -0.2) is 27.3 Å². The van der Waals surface area contributed by atoms with Gasteiger partial charge in [0.1, 0.15) is 11.2 Å². The van der Waals surface area contributed by atoms with E-state index in [0.717, 1.165) is 30.0 Å². The summed E-state index contributed by atoms with van der Waals surface area (Å²) < 4.78 is 6.97. The first kappa shape index (κ1) is 13.3. The highest BCUT2D eigenvalue weighted by Gasteiger charge is 2.50. The average molecular weight is 291 g/mol. The lowest BCUT2D eigenvalue weighted by atomic mass is 9.68. The second-order valence-corrected chi connectivity index (χ2v) is 5.96. The van der Waals surface area contributed by atoms with Gasteiger partial charge in [-0.2, -0.15) is 5.10 Å². The Morgan fingerprint density at radius 1 is 1.55 bits per heavy atom. The molecule has 1 fully saturated rings. The first-order valence-electron chi connectivity index (χ1n) is 6.80. The Hall–Kier alpha value is -1.69. The van der Waals surface area contributed by atoms with Crippen molar-refractivity contribution in [2.75, 3.05) is 6.61 Å². The zero-order chi connectivity index (χ0) is 14.2. The number of ether oxygens (including phenoxy) is 1. The smallest absolute Gasteiger partial charge is 0.319 e. The zero-order valence-electron chi connectivity index (χ0n) is 11.6. The van der Waals surface area contributed by atoms with Crippen LogP contribution in [0.25, 0.3) is 10.7 Å². The summed E-state index contributed by atoms with van der Waals surface area (Å²) in [5.74, 6) is 1.25. The first-order valence-corrected chi connectivity index (χ1v) is 7.68. The van der Waals surface area contributed by atoms with Gasteiger partial charge in [-0.1, -0.05) is 12.5 Å². The van der Waals surface area contributed by atoms with E-state index >= 15 is 0 Å². The molecule has 20 heavy (non-hydrogen) atoms. The first-order chi connectivity index (χ1) is 9.67. The van der Waals surface area contributed by atoms with Crippen LogP contribution in [0, 0.1) is 0 Å². The summed E-state index contributed by atoms with van der Waals surface area (Å²) in [7, 11) is 1.85. The second-order valence-electron chi connectivity index (χ2n) is 5.02. The topological polar surface area (TPSA) is 57.0 Å². The van der Waals surface area contributed by atoms with Gasteiger partial charge in [0.15, 0.2) is 5.82 Å². The molecule has 0 radical (unpaired) electrons. The molecular weight excluding hydrogens is 274 g/mol. The molecule has 106 valence electrons. The average Bonchev–Trinajstić information content (AvgIpc) is 2.98. The lowest BCUT2D eigenvalue weighted by Gasteiger charge is -2.37. The predicted molar refractivity (Wildman–Crippen MR) is 76.5 cm³/mol. The number of thiophene rings is 1. The Kier molecular flexibility index (Phi) is 3.33. The number of hydrogen-bond acceptors (Lipinski definition) is 5. The fourth-order valence-electron chi connectivity index (χ4n) is 2.63. The molecule has 0 unspecified atom stereocenters. The SMILES string of the molecule is CCOC(=O)C1(c2nc(-c3cccs3)nn2C)CCC1. The molecule has 2 aromatic rings. The van der Waals surface area contributed by atoms with Crippen LogP contribution in [0.1, 0.15) is 32.0 Å². The molecule has 5 nitrogen and oxygen atoms in total. The lowest BCUT2D eigenvalue weighted by molar-refractivity contribution is -0.154. The van der Waals surface area contributed by atoms with Crippen LogP contribution in [0.3, 0.4) is 0 Å². The quantitative estimate of drug-likeness (QED) is 0.812. The molecular formula is C14H17N3O2S. The highest BCUT2D eigenvalue weighted by atomic mass is 32.1. The van der Waals surface area contributed by atoms with Gasteiger partial charge in [-0.05, 0) is 31.2 Å². The third kappa shape index (κ3) is 1.95. The third-order valence-electron chi connectivity index (χ3n) is 3.81. The van der Waals surface area contributed by atoms with Crippen molar-refractivity contribution in [3.8, 4) is 10.7 Å². The predicted octanol–water partition coefficient (Wildman–Crippen LogP) is 2.53. The van der Waals surface area contributed by atoms with Crippen LogP contribution in [0.2, 0.25) is 0 Å². The molecule has 0 N–H and O–H groups in total. The summed E-state index contributed by atoms with van der Waals surface area (Å²) in [5, 5.41) is 6.45. The fraction of sp³-hybridized carbons (Fsp3) is 0.500. The maximum absolute atomic E-state index is 12.3. The minimum Gasteiger partial charge on any atom is -0.465 e. The van der Waals surface area contributed by atoms with Crippen molar-refractivity contribution < 1.29 is 9.53 Å². The summed E-state index contributed by atoms with van der Waals surface area (Å²) >= 11 is 1.60. The number of aryl methyl sites for hydroxylation is 1. The number of nitrogens with zero attached hydrogens (tertiary/aromatic N) is 3. The molecule has 1 aliphatic carbocycles. The summed E-state index contributed by atoms with van der Waals surface area (Å²) in [4.78, 5) is 17.9. The standard InChI is InChI=1S/C14H17N3O2S/c1-3-19-13(18)14(7-5-8-14)12-15-11(16-17(12)2)10-6-4-9-20-10/h4,6,9H,3,5,7-8H2,1-2H3. The molecule has 1 aliphatic rings. The van der Waals surface area contributed by atoms with E-state index in [0.29, 0.717) is 12.4 Å². The second kappa shape index (κ2) is 5.01. The molecule has 0 bridgehead atoms. The fourth-order valence-corrected chi connectivity index (χ4v) is 3.28. The van der Waals surface area contributed by atoms with Crippen molar-refractivity contribution in [3.05, 3.63) is 23.3 Å². The van der Waals surface area contributed by atoms with Gasteiger partial charge in [-0.25, -0.2) is 4.98 Å². The molecule has 0 atom stereocenters. The molecule has 6 heteroatoms. The molecule has 2 heterocycles. The summed E-state index contributed by atoms with van der Waals surface area (Å²) in [6.45, 7) is 2.23. The Bertz CT molecular complexity index is 614. The number of esters is 1. The van der Waals surface area contributed by atoms with Crippen molar-refractivity contribution >= 4 is 17.3 Å². The Balaban J connectivity index is 1.99.